The van der Waals surface area contributed by atoms with Gasteiger partial charge in [-0.2, -0.15) is 0 Å². The Morgan fingerprint density at radius 2 is 1.80 bits per heavy atom. The number of aromatic nitrogens is 1. The predicted octanol–water partition coefficient (Wildman–Crippen LogP) is 5.83. The minimum absolute atomic E-state index is 0.0351. The number of nitrogens with one attached hydrogen (secondary N) is 1. The highest BCUT2D eigenvalue weighted by Gasteiger charge is 2.23. The summed E-state index contributed by atoms with van der Waals surface area (Å²) in [4.78, 5) is 16.8. The standard InChI is InChI=1S/C27H25ClN2O4S/c1-2-3-14-34-25-11-8-23(28)16-26(25)35(32,33)24-9-4-19(5-10-24)17-30-27(31)21-7-6-20-12-13-29-18-22(20)15-21/h4-13,15-16,18H,2-3,14,17H2,1H3,(H,30,31). The van der Waals surface area contributed by atoms with Gasteiger partial charge in [0.05, 0.1) is 11.5 Å². The number of nitrogens with zero attached hydrogens (tertiary/aromatic N) is 1. The van der Waals surface area contributed by atoms with Crippen LogP contribution in [0, 0.1) is 0 Å². The molecule has 0 unspecified atom stereocenters. The monoisotopic (exact) mass is 508 g/mol. The Hall–Kier alpha value is -3.42. The number of rotatable bonds is 9. The molecule has 35 heavy (non-hydrogen) atoms. The molecular formula is C27H25ClN2O4S. The number of hydrogen-bond acceptors (Lipinski definition) is 5. The number of carbonyl (C=O) groups excluding carboxylic acids is 1. The molecule has 0 atom stereocenters. The minimum Gasteiger partial charge on any atom is -0.492 e. The van der Waals surface area contributed by atoms with Gasteiger partial charge in [-0.1, -0.05) is 43.1 Å². The van der Waals surface area contributed by atoms with Gasteiger partial charge in [-0.05, 0) is 65.9 Å². The molecule has 4 aromatic rings. The number of ether oxygens (including phenoxy) is 1. The highest BCUT2D eigenvalue weighted by atomic mass is 35.5. The Morgan fingerprint density at radius 3 is 2.57 bits per heavy atom. The highest BCUT2D eigenvalue weighted by molar-refractivity contribution is 7.91. The fraction of sp³-hybridized carbons (Fsp3) is 0.185. The second-order valence-electron chi connectivity index (χ2n) is 8.06. The summed E-state index contributed by atoms with van der Waals surface area (Å²) in [7, 11) is -3.84. The van der Waals surface area contributed by atoms with E-state index in [9.17, 15) is 13.2 Å². The number of sulfone groups is 1. The molecule has 4 rings (SSSR count). The van der Waals surface area contributed by atoms with Gasteiger partial charge in [0.25, 0.3) is 5.91 Å². The number of fused-ring (bicyclic) bond motifs is 1. The Balaban J connectivity index is 1.47. The van der Waals surface area contributed by atoms with E-state index in [0.29, 0.717) is 17.2 Å². The summed E-state index contributed by atoms with van der Waals surface area (Å²) < 4.78 is 32.3. The van der Waals surface area contributed by atoms with Crippen molar-refractivity contribution in [3.8, 4) is 5.75 Å². The van der Waals surface area contributed by atoms with Gasteiger partial charge in [0.15, 0.2) is 0 Å². The molecule has 3 aromatic carbocycles. The Labute approximate surface area is 209 Å². The number of unbranched alkanes of at least 4 members (excludes halogenated alkanes) is 1. The van der Waals surface area contributed by atoms with Crippen LogP contribution in [0.25, 0.3) is 10.8 Å². The molecule has 0 fully saturated rings. The molecule has 1 N–H and O–H groups in total. The molecule has 1 aromatic heterocycles. The summed E-state index contributed by atoms with van der Waals surface area (Å²) in [6.07, 6.45) is 5.18. The molecule has 6 nitrogen and oxygen atoms in total. The second kappa shape index (κ2) is 10.9. The Bertz CT molecular complexity index is 1450. The van der Waals surface area contributed by atoms with Gasteiger partial charge < -0.3 is 10.1 Å². The van der Waals surface area contributed by atoms with Crippen LogP contribution >= 0.6 is 11.6 Å². The molecule has 1 amide bonds. The number of amides is 1. The van der Waals surface area contributed by atoms with Crippen molar-refractivity contribution in [1.29, 1.82) is 0 Å². The number of benzene rings is 3. The van der Waals surface area contributed by atoms with Crippen LogP contribution in [-0.2, 0) is 16.4 Å². The first-order chi connectivity index (χ1) is 16.9. The first-order valence-electron chi connectivity index (χ1n) is 11.3. The smallest absolute Gasteiger partial charge is 0.251 e. The molecule has 180 valence electrons. The van der Waals surface area contributed by atoms with Crippen LogP contribution in [0.3, 0.4) is 0 Å². The van der Waals surface area contributed by atoms with Crippen molar-refractivity contribution in [3.05, 3.63) is 95.3 Å². The fourth-order valence-corrected chi connectivity index (χ4v) is 5.22. The molecular weight excluding hydrogens is 484 g/mol. The summed E-state index contributed by atoms with van der Waals surface area (Å²) in [5, 5.41) is 5.07. The quantitative estimate of drug-likeness (QED) is 0.287. The van der Waals surface area contributed by atoms with Crippen molar-refractivity contribution in [3.63, 3.8) is 0 Å². The maximum absolute atomic E-state index is 13.3. The van der Waals surface area contributed by atoms with E-state index in [1.54, 1.807) is 48.8 Å². The topological polar surface area (TPSA) is 85.4 Å². The summed E-state index contributed by atoms with van der Waals surface area (Å²) in [5.74, 6) is 0.0602. The largest absolute Gasteiger partial charge is 0.492 e. The Morgan fingerprint density at radius 1 is 1.00 bits per heavy atom. The van der Waals surface area contributed by atoms with Gasteiger partial charge in [0, 0.05) is 34.9 Å². The molecule has 0 aliphatic rings. The zero-order valence-electron chi connectivity index (χ0n) is 19.2. The summed E-state index contributed by atoms with van der Waals surface area (Å²) in [6.45, 7) is 2.71. The summed E-state index contributed by atoms with van der Waals surface area (Å²) in [6, 6.07) is 18.3. The lowest BCUT2D eigenvalue weighted by Gasteiger charge is -2.13. The third-order valence-electron chi connectivity index (χ3n) is 5.54. The zero-order chi connectivity index (χ0) is 24.8. The third-order valence-corrected chi connectivity index (χ3v) is 7.57. The van der Waals surface area contributed by atoms with E-state index in [1.165, 1.54) is 18.2 Å². The lowest BCUT2D eigenvalue weighted by atomic mass is 10.1. The average Bonchev–Trinajstić information content (AvgIpc) is 2.88. The highest BCUT2D eigenvalue weighted by Crippen LogP contribution is 2.32. The van der Waals surface area contributed by atoms with Crippen LogP contribution in [0.1, 0.15) is 35.7 Å². The first-order valence-corrected chi connectivity index (χ1v) is 13.1. The van der Waals surface area contributed by atoms with E-state index in [2.05, 4.69) is 10.3 Å². The molecule has 0 aliphatic carbocycles. The Kier molecular flexibility index (Phi) is 7.68. The van der Waals surface area contributed by atoms with Crippen LogP contribution in [0.15, 0.2) is 88.9 Å². The maximum Gasteiger partial charge on any atom is 0.251 e. The number of hydrogen-bond donors (Lipinski definition) is 1. The lowest BCUT2D eigenvalue weighted by molar-refractivity contribution is 0.0951. The van der Waals surface area contributed by atoms with Crippen molar-refractivity contribution in [2.45, 2.75) is 36.1 Å². The van der Waals surface area contributed by atoms with E-state index in [4.69, 9.17) is 16.3 Å². The first kappa shape index (κ1) is 24.7. The molecule has 0 saturated carbocycles. The summed E-state index contributed by atoms with van der Waals surface area (Å²) in [5.41, 5.74) is 1.30. The van der Waals surface area contributed by atoms with Crippen molar-refractivity contribution in [2.75, 3.05) is 6.61 Å². The van der Waals surface area contributed by atoms with Crippen molar-refractivity contribution in [2.24, 2.45) is 0 Å². The molecule has 8 heteroatoms. The van der Waals surface area contributed by atoms with E-state index in [-0.39, 0.29) is 28.0 Å². The summed E-state index contributed by atoms with van der Waals surface area (Å²) >= 11 is 6.09. The van der Waals surface area contributed by atoms with Gasteiger partial charge in [-0.25, -0.2) is 8.42 Å². The van der Waals surface area contributed by atoms with Crippen LogP contribution in [-0.4, -0.2) is 25.9 Å². The maximum atomic E-state index is 13.3. The van der Waals surface area contributed by atoms with Crippen LogP contribution in [0.4, 0.5) is 0 Å². The van der Waals surface area contributed by atoms with E-state index < -0.39 is 9.84 Å². The van der Waals surface area contributed by atoms with E-state index in [1.807, 2.05) is 19.1 Å². The molecule has 0 aliphatic heterocycles. The average molecular weight is 509 g/mol. The lowest BCUT2D eigenvalue weighted by Crippen LogP contribution is -2.22. The van der Waals surface area contributed by atoms with Crippen molar-refractivity contribution in [1.82, 2.24) is 10.3 Å². The minimum atomic E-state index is -3.84. The van der Waals surface area contributed by atoms with E-state index >= 15 is 0 Å². The molecule has 0 radical (unpaired) electrons. The molecule has 1 heterocycles. The number of halogens is 1. The third kappa shape index (κ3) is 5.81. The zero-order valence-corrected chi connectivity index (χ0v) is 20.8. The predicted molar refractivity (Wildman–Crippen MR) is 137 cm³/mol. The number of carbonyl (C=O) groups is 1. The SMILES string of the molecule is CCCCOc1ccc(Cl)cc1S(=O)(=O)c1ccc(CNC(=O)c2ccc3ccncc3c2)cc1. The van der Waals surface area contributed by atoms with Crippen LogP contribution < -0.4 is 10.1 Å². The normalized spacial score (nSPS) is 11.4. The van der Waals surface area contributed by atoms with Gasteiger partial charge in [-0.15, -0.1) is 0 Å². The van der Waals surface area contributed by atoms with Gasteiger partial charge >= 0.3 is 0 Å². The van der Waals surface area contributed by atoms with Crippen LogP contribution in [0.5, 0.6) is 5.75 Å². The fourth-order valence-electron chi connectivity index (χ4n) is 3.56. The van der Waals surface area contributed by atoms with Gasteiger partial charge in [0.2, 0.25) is 9.84 Å². The van der Waals surface area contributed by atoms with Gasteiger partial charge in [0.1, 0.15) is 10.6 Å². The van der Waals surface area contributed by atoms with Gasteiger partial charge in [-0.3, -0.25) is 9.78 Å². The second-order valence-corrected chi connectivity index (χ2v) is 10.4. The molecule has 0 spiro atoms. The number of pyridine rings is 1. The van der Waals surface area contributed by atoms with Crippen molar-refractivity contribution < 1.29 is 17.9 Å². The van der Waals surface area contributed by atoms with E-state index in [0.717, 1.165) is 29.2 Å². The van der Waals surface area contributed by atoms with Crippen LogP contribution in [0.2, 0.25) is 5.02 Å². The van der Waals surface area contributed by atoms with Crippen molar-refractivity contribution >= 4 is 38.1 Å². The molecule has 0 bridgehead atoms. The molecule has 0 saturated heterocycles.